The summed E-state index contributed by atoms with van der Waals surface area (Å²) in [5.41, 5.74) is -2.14. The van der Waals surface area contributed by atoms with Crippen molar-refractivity contribution in [1.29, 1.82) is 0 Å². The van der Waals surface area contributed by atoms with Crippen molar-refractivity contribution in [2.75, 3.05) is 0 Å². The Morgan fingerprint density at radius 2 is 1.94 bits per heavy atom. The molecule has 0 aromatic heterocycles. The van der Waals surface area contributed by atoms with Crippen molar-refractivity contribution in [1.82, 2.24) is 0 Å². The molecule has 176 valence electrons. The molecular formula is C24H32O8. The van der Waals surface area contributed by atoms with E-state index in [2.05, 4.69) is 6.58 Å². The van der Waals surface area contributed by atoms with Crippen LogP contribution >= 0.6 is 0 Å². The Hall–Kier alpha value is -2.48. The van der Waals surface area contributed by atoms with Gasteiger partial charge in [0.15, 0.2) is 23.6 Å². The van der Waals surface area contributed by atoms with E-state index in [1.165, 1.54) is 13.0 Å². The first kappa shape index (κ1) is 24.2. The summed E-state index contributed by atoms with van der Waals surface area (Å²) in [6.45, 7) is 10.6. The zero-order chi connectivity index (χ0) is 23.8. The molecule has 1 N–H and O–H groups in total. The van der Waals surface area contributed by atoms with Crippen LogP contribution in [0.4, 0.5) is 0 Å². The highest BCUT2D eigenvalue weighted by Crippen LogP contribution is 2.41. The van der Waals surface area contributed by atoms with Crippen molar-refractivity contribution >= 4 is 23.7 Å². The Kier molecular flexibility index (Phi) is 6.93. The van der Waals surface area contributed by atoms with Crippen LogP contribution in [0.2, 0.25) is 0 Å². The van der Waals surface area contributed by atoms with Gasteiger partial charge in [-0.25, -0.2) is 4.79 Å². The zero-order valence-corrected chi connectivity index (χ0v) is 19.0. The molecule has 0 unspecified atom stereocenters. The lowest BCUT2D eigenvalue weighted by atomic mass is 9.77. The SMILES string of the molecule is C=C1C(=O)O[C@@H]2C[C@H](C)/C=C\C(=O)[C@](C)(O)[C@@H](OC(=O)C3CC3)[C@@H](OC(=O)CC(C)C)[C@@H]12. The van der Waals surface area contributed by atoms with Gasteiger partial charge in [0.25, 0.3) is 0 Å². The molecule has 0 amide bonds. The second-order valence-corrected chi connectivity index (χ2v) is 9.76. The van der Waals surface area contributed by atoms with Gasteiger partial charge in [-0.15, -0.1) is 0 Å². The molecule has 2 aliphatic carbocycles. The van der Waals surface area contributed by atoms with Crippen LogP contribution in [0.25, 0.3) is 0 Å². The van der Waals surface area contributed by atoms with Crippen LogP contribution in [-0.4, -0.2) is 52.7 Å². The Labute approximate surface area is 188 Å². The smallest absolute Gasteiger partial charge is 0.334 e. The Bertz CT molecular complexity index is 835. The van der Waals surface area contributed by atoms with E-state index in [1.807, 2.05) is 20.8 Å². The molecule has 1 aliphatic heterocycles. The minimum atomic E-state index is -2.20. The van der Waals surface area contributed by atoms with E-state index in [1.54, 1.807) is 6.08 Å². The average molecular weight is 449 g/mol. The number of ether oxygens (including phenoxy) is 3. The van der Waals surface area contributed by atoms with Crippen LogP contribution < -0.4 is 0 Å². The van der Waals surface area contributed by atoms with Crippen molar-refractivity contribution in [2.45, 2.75) is 77.3 Å². The Morgan fingerprint density at radius 3 is 2.53 bits per heavy atom. The number of allylic oxidation sites excluding steroid dienone is 1. The van der Waals surface area contributed by atoms with Crippen molar-refractivity contribution in [2.24, 2.45) is 23.7 Å². The van der Waals surface area contributed by atoms with Gasteiger partial charge < -0.3 is 19.3 Å². The van der Waals surface area contributed by atoms with Gasteiger partial charge in [0, 0.05) is 12.0 Å². The molecule has 3 aliphatic rings. The minimum Gasteiger partial charge on any atom is -0.458 e. The van der Waals surface area contributed by atoms with Gasteiger partial charge in [-0.2, -0.15) is 0 Å². The first-order chi connectivity index (χ1) is 14.9. The van der Waals surface area contributed by atoms with Crippen LogP contribution in [-0.2, 0) is 33.4 Å². The van der Waals surface area contributed by atoms with E-state index in [9.17, 15) is 24.3 Å². The molecule has 3 rings (SSSR count). The molecule has 1 saturated heterocycles. The summed E-state index contributed by atoms with van der Waals surface area (Å²) in [5.74, 6) is -3.86. The van der Waals surface area contributed by atoms with E-state index in [4.69, 9.17) is 14.2 Å². The van der Waals surface area contributed by atoms with Gasteiger partial charge in [-0.1, -0.05) is 33.4 Å². The number of hydrogen-bond acceptors (Lipinski definition) is 8. The molecular weight excluding hydrogens is 416 g/mol. The van der Waals surface area contributed by atoms with Gasteiger partial charge in [0.2, 0.25) is 0 Å². The number of esters is 3. The average Bonchev–Trinajstić information content (AvgIpc) is 3.49. The topological polar surface area (TPSA) is 116 Å². The van der Waals surface area contributed by atoms with Crippen molar-refractivity contribution < 1.29 is 38.5 Å². The largest absolute Gasteiger partial charge is 0.458 e. The zero-order valence-electron chi connectivity index (χ0n) is 19.0. The number of fused-ring (bicyclic) bond motifs is 1. The van der Waals surface area contributed by atoms with E-state index >= 15 is 0 Å². The molecule has 32 heavy (non-hydrogen) atoms. The summed E-state index contributed by atoms with van der Waals surface area (Å²) in [6.07, 6.45) is 1.02. The highest BCUT2D eigenvalue weighted by atomic mass is 16.6. The number of aliphatic hydroxyl groups is 1. The second-order valence-electron chi connectivity index (χ2n) is 9.76. The highest BCUT2D eigenvalue weighted by Gasteiger charge is 2.56. The molecule has 0 radical (unpaired) electrons. The van der Waals surface area contributed by atoms with Crippen molar-refractivity contribution in [3.63, 3.8) is 0 Å². The lowest BCUT2D eigenvalue weighted by molar-refractivity contribution is -0.198. The van der Waals surface area contributed by atoms with Gasteiger partial charge in [-0.05, 0) is 44.1 Å². The fraction of sp³-hybridized carbons (Fsp3) is 0.667. The molecule has 8 heteroatoms. The van der Waals surface area contributed by atoms with Crippen LogP contribution in [0.15, 0.2) is 24.3 Å². The first-order valence-corrected chi connectivity index (χ1v) is 11.2. The molecule has 0 aromatic carbocycles. The highest BCUT2D eigenvalue weighted by molar-refractivity contribution is 5.97. The summed E-state index contributed by atoms with van der Waals surface area (Å²) in [5, 5.41) is 11.3. The lowest BCUT2D eigenvalue weighted by Crippen LogP contribution is -2.58. The van der Waals surface area contributed by atoms with E-state index in [0.29, 0.717) is 19.3 Å². The molecule has 0 spiro atoms. The third-order valence-corrected chi connectivity index (χ3v) is 6.21. The number of rotatable bonds is 5. The van der Waals surface area contributed by atoms with E-state index < -0.39 is 53.5 Å². The number of ketones is 1. The number of carbonyl (C=O) groups excluding carboxylic acids is 4. The summed E-state index contributed by atoms with van der Waals surface area (Å²) in [7, 11) is 0. The summed E-state index contributed by atoms with van der Waals surface area (Å²) in [6, 6.07) is 0. The van der Waals surface area contributed by atoms with E-state index in [-0.39, 0.29) is 29.7 Å². The maximum absolute atomic E-state index is 12.9. The van der Waals surface area contributed by atoms with Crippen LogP contribution in [0.5, 0.6) is 0 Å². The van der Waals surface area contributed by atoms with Crippen LogP contribution in [0.3, 0.4) is 0 Å². The normalized spacial score (nSPS) is 36.3. The molecule has 0 bridgehead atoms. The van der Waals surface area contributed by atoms with Crippen molar-refractivity contribution in [3.8, 4) is 0 Å². The van der Waals surface area contributed by atoms with Crippen LogP contribution in [0, 0.1) is 23.7 Å². The summed E-state index contributed by atoms with van der Waals surface area (Å²) in [4.78, 5) is 50.6. The number of hydrogen-bond donors (Lipinski definition) is 1. The lowest BCUT2D eigenvalue weighted by Gasteiger charge is -2.39. The van der Waals surface area contributed by atoms with Crippen molar-refractivity contribution in [3.05, 3.63) is 24.3 Å². The molecule has 6 atom stereocenters. The summed E-state index contributed by atoms with van der Waals surface area (Å²) >= 11 is 0. The Morgan fingerprint density at radius 1 is 1.28 bits per heavy atom. The maximum Gasteiger partial charge on any atom is 0.334 e. The quantitative estimate of drug-likeness (QED) is 0.387. The third-order valence-electron chi connectivity index (χ3n) is 6.21. The molecule has 0 aromatic rings. The van der Waals surface area contributed by atoms with Crippen LogP contribution in [0.1, 0.15) is 53.4 Å². The van der Waals surface area contributed by atoms with Gasteiger partial charge in [0.1, 0.15) is 6.10 Å². The molecule has 1 heterocycles. The molecule has 8 nitrogen and oxygen atoms in total. The third kappa shape index (κ3) is 5.11. The fourth-order valence-electron chi connectivity index (χ4n) is 4.16. The predicted octanol–water partition coefficient (Wildman–Crippen LogP) is 2.28. The maximum atomic E-state index is 12.9. The first-order valence-electron chi connectivity index (χ1n) is 11.2. The molecule has 2 fully saturated rings. The number of carbonyl (C=O) groups is 4. The summed E-state index contributed by atoms with van der Waals surface area (Å²) < 4.78 is 16.9. The fourth-order valence-corrected chi connectivity index (χ4v) is 4.16. The predicted molar refractivity (Wildman–Crippen MR) is 113 cm³/mol. The van der Waals surface area contributed by atoms with Gasteiger partial charge >= 0.3 is 17.9 Å². The van der Waals surface area contributed by atoms with E-state index in [0.717, 1.165) is 0 Å². The Balaban J connectivity index is 2.09. The van der Waals surface area contributed by atoms with Gasteiger partial charge in [0.05, 0.1) is 11.8 Å². The minimum absolute atomic E-state index is 0.0138. The second kappa shape index (κ2) is 9.17. The molecule has 1 saturated carbocycles. The monoisotopic (exact) mass is 448 g/mol. The standard InChI is InChI=1S/C24H32O8/c1-12(2)10-18(26)31-20-19-14(4)22(27)30-16(19)11-13(3)6-9-17(25)24(5,29)21(20)32-23(28)15-7-8-15/h6,9,12-13,15-16,19-21,29H,4,7-8,10-11H2,1-3,5H3/b9-6-/t13-,16-,19+,20+,21+,24+/m1/s1. The van der Waals surface area contributed by atoms with Gasteiger partial charge in [-0.3, -0.25) is 14.4 Å².